The molecule has 0 bridgehead atoms. The summed E-state index contributed by atoms with van der Waals surface area (Å²) < 4.78 is 24.4. The van der Waals surface area contributed by atoms with Crippen LogP contribution in [0.4, 0.5) is 8.78 Å². The lowest BCUT2D eigenvalue weighted by Crippen LogP contribution is -2.11. The summed E-state index contributed by atoms with van der Waals surface area (Å²) in [7, 11) is 0. The van der Waals surface area contributed by atoms with Crippen molar-refractivity contribution in [1.82, 2.24) is 4.98 Å². The topological polar surface area (TPSA) is 32.9 Å². The van der Waals surface area contributed by atoms with Crippen LogP contribution in [-0.4, -0.2) is 4.98 Å². The lowest BCUT2D eigenvalue weighted by molar-refractivity contribution is 0.145. The van der Waals surface area contributed by atoms with Gasteiger partial charge in [-0.2, -0.15) is 0 Å². The van der Waals surface area contributed by atoms with Crippen molar-refractivity contribution >= 4 is 34.2 Å². The van der Waals surface area contributed by atoms with E-state index in [0.29, 0.717) is 3.57 Å². The number of nitrogens with one attached hydrogen (secondary N) is 1. The van der Waals surface area contributed by atoms with Gasteiger partial charge in [0.15, 0.2) is 0 Å². The van der Waals surface area contributed by atoms with E-state index < -0.39 is 17.7 Å². The molecule has 0 saturated heterocycles. The van der Waals surface area contributed by atoms with Gasteiger partial charge in [0, 0.05) is 3.57 Å². The third kappa shape index (κ3) is 1.95. The second-order valence-electron chi connectivity index (χ2n) is 2.02. The summed E-state index contributed by atoms with van der Waals surface area (Å²) in [6.07, 6.45) is -2.68. The predicted octanol–water partition coefficient (Wildman–Crippen LogP) is 2.57. The van der Waals surface area contributed by atoms with Crippen LogP contribution in [0.15, 0.2) is 10.9 Å². The van der Waals surface area contributed by atoms with Crippen molar-refractivity contribution in [1.29, 1.82) is 0 Å². The zero-order valence-electron chi connectivity index (χ0n) is 5.57. The Balaban J connectivity index is 3.31. The second kappa shape index (κ2) is 3.69. The molecule has 0 atom stereocenters. The van der Waals surface area contributed by atoms with Crippen LogP contribution in [0, 0.1) is 3.57 Å². The van der Waals surface area contributed by atoms with Gasteiger partial charge in [-0.05, 0) is 28.7 Å². The Kier molecular flexibility index (Phi) is 3.05. The Morgan fingerprint density at radius 3 is 2.58 bits per heavy atom. The fourth-order valence-corrected chi connectivity index (χ4v) is 1.33. The number of rotatable bonds is 1. The SMILES string of the molecule is O=c1[nH]c(C(F)F)cc(I)c1Cl. The van der Waals surface area contributed by atoms with Gasteiger partial charge in [-0.3, -0.25) is 4.79 Å². The highest BCUT2D eigenvalue weighted by Crippen LogP contribution is 2.20. The predicted molar refractivity (Wildman–Crippen MR) is 49.7 cm³/mol. The minimum Gasteiger partial charge on any atom is -0.320 e. The monoisotopic (exact) mass is 305 g/mol. The van der Waals surface area contributed by atoms with E-state index in [9.17, 15) is 13.6 Å². The first-order valence-electron chi connectivity index (χ1n) is 2.88. The van der Waals surface area contributed by atoms with Gasteiger partial charge >= 0.3 is 0 Å². The highest BCUT2D eigenvalue weighted by Gasteiger charge is 2.11. The van der Waals surface area contributed by atoms with Gasteiger partial charge in [-0.25, -0.2) is 8.78 Å². The van der Waals surface area contributed by atoms with Gasteiger partial charge in [0.2, 0.25) is 0 Å². The van der Waals surface area contributed by atoms with Gasteiger partial charge in [0.25, 0.3) is 12.0 Å². The van der Waals surface area contributed by atoms with Gasteiger partial charge < -0.3 is 4.98 Å². The zero-order valence-corrected chi connectivity index (χ0v) is 8.49. The van der Waals surface area contributed by atoms with Crippen molar-refractivity contribution in [3.8, 4) is 0 Å². The summed E-state index contributed by atoms with van der Waals surface area (Å²) in [5.74, 6) is 0. The van der Waals surface area contributed by atoms with Crippen LogP contribution >= 0.6 is 34.2 Å². The smallest absolute Gasteiger partial charge is 0.278 e. The summed E-state index contributed by atoms with van der Waals surface area (Å²) >= 11 is 7.18. The van der Waals surface area contributed by atoms with Gasteiger partial charge in [0.1, 0.15) is 5.02 Å². The molecule has 12 heavy (non-hydrogen) atoms. The summed E-state index contributed by atoms with van der Waals surface area (Å²) in [6, 6.07) is 1.15. The molecule has 0 aliphatic rings. The number of hydrogen-bond acceptors (Lipinski definition) is 1. The number of H-pyrrole nitrogens is 1. The van der Waals surface area contributed by atoms with E-state index in [-0.39, 0.29) is 5.02 Å². The molecule has 0 fully saturated rings. The van der Waals surface area contributed by atoms with Crippen molar-refractivity contribution in [2.75, 3.05) is 0 Å². The van der Waals surface area contributed by atoms with Crippen LogP contribution in [0.2, 0.25) is 5.02 Å². The van der Waals surface area contributed by atoms with Crippen molar-refractivity contribution in [3.05, 3.63) is 30.7 Å². The highest BCUT2D eigenvalue weighted by molar-refractivity contribution is 14.1. The van der Waals surface area contributed by atoms with Gasteiger partial charge in [-0.15, -0.1) is 0 Å². The molecule has 0 aromatic carbocycles. The Bertz CT molecular complexity index is 352. The van der Waals surface area contributed by atoms with E-state index in [4.69, 9.17) is 11.6 Å². The van der Waals surface area contributed by atoms with Crippen LogP contribution < -0.4 is 5.56 Å². The minimum atomic E-state index is -2.68. The normalized spacial score (nSPS) is 10.8. The van der Waals surface area contributed by atoms with Crippen molar-refractivity contribution in [3.63, 3.8) is 0 Å². The number of halogens is 4. The molecule has 1 rings (SSSR count). The molecule has 0 radical (unpaired) electrons. The standard InChI is InChI=1S/C6H3ClF2INO/c7-4-2(10)1-3(5(8)9)11-6(4)12/h1,5H,(H,11,12). The zero-order chi connectivity index (χ0) is 9.30. The van der Waals surface area contributed by atoms with Crippen LogP contribution in [0.5, 0.6) is 0 Å². The molecule has 0 spiro atoms. The van der Waals surface area contributed by atoms with E-state index in [0.717, 1.165) is 6.07 Å². The molecule has 1 N–H and O–H groups in total. The van der Waals surface area contributed by atoms with Gasteiger partial charge in [0.05, 0.1) is 5.69 Å². The molecule has 0 aliphatic carbocycles. The van der Waals surface area contributed by atoms with Crippen LogP contribution in [0.3, 0.4) is 0 Å². The molecule has 0 saturated carbocycles. The van der Waals surface area contributed by atoms with E-state index in [1.807, 2.05) is 4.98 Å². The molecule has 0 unspecified atom stereocenters. The summed E-state index contributed by atoms with van der Waals surface area (Å²) in [6.45, 7) is 0. The van der Waals surface area contributed by atoms with Crippen molar-refractivity contribution < 1.29 is 8.78 Å². The Labute approximate surface area is 85.1 Å². The summed E-state index contributed by atoms with van der Waals surface area (Å²) in [5.41, 5.74) is -1.09. The fourth-order valence-electron chi connectivity index (χ4n) is 0.648. The maximum Gasteiger partial charge on any atom is 0.278 e. The first kappa shape index (κ1) is 9.91. The number of aromatic amines is 1. The molecule has 0 amide bonds. The second-order valence-corrected chi connectivity index (χ2v) is 3.56. The van der Waals surface area contributed by atoms with E-state index in [2.05, 4.69) is 0 Å². The molecule has 1 aromatic rings. The average Bonchev–Trinajstić information content (AvgIpc) is 1.99. The lowest BCUT2D eigenvalue weighted by Gasteiger charge is -2.00. The molecular weight excluding hydrogens is 302 g/mol. The number of alkyl halides is 2. The Morgan fingerprint density at radius 1 is 1.58 bits per heavy atom. The lowest BCUT2D eigenvalue weighted by atomic mass is 10.4. The maximum absolute atomic E-state index is 12.0. The number of hydrogen-bond donors (Lipinski definition) is 1. The molecule has 1 heterocycles. The minimum absolute atomic E-state index is 0.0556. The maximum atomic E-state index is 12.0. The van der Waals surface area contributed by atoms with E-state index in [1.54, 1.807) is 22.6 Å². The molecule has 2 nitrogen and oxygen atoms in total. The molecule has 6 heteroatoms. The van der Waals surface area contributed by atoms with Crippen LogP contribution in [-0.2, 0) is 0 Å². The number of aromatic nitrogens is 1. The van der Waals surface area contributed by atoms with Crippen LogP contribution in [0.1, 0.15) is 12.1 Å². The third-order valence-corrected chi connectivity index (χ3v) is 2.73. The summed E-state index contributed by atoms with van der Waals surface area (Å²) in [5, 5.41) is -0.0556. The average molecular weight is 305 g/mol. The van der Waals surface area contributed by atoms with Crippen LogP contribution in [0.25, 0.3) is 0 Å². The van der Waals surface area contributed by atoms with Crippen molar-refractivity contribution in [2.45, 2.75) is 6.43 Å². The Hall–Kier alpha value is -0.170. The fraction of sp³-hybridized carbons (Fsp3) is 0.167. The van der Waals surface area contributed by atoms with Crippen molar-refractivity contribution in [2.24, 2.45) is 0 Å². The largest absolute Gasteiger partial charge is 0.320 e. The molecule has 0 aliphatic heterocycles. The third-order valence-electron chi connectivity index (χ3n) is 1.18. The quantitative estimate of drug-likeness (QED) is 0.795. The van der Waals surface area contributed by atoms with E-state index >= 15 is 0 Å². The first-order valence-corrected chi connectivity index (χ1v) is 4.34. The number of pyridine rings is 1. The summed E-state index contributed by atoms with van der Waals surface area (Å²) in [4.78, 5) is 12.8. The Morgan fingerprint density at radius 2 is 2.17 bits per heavy atom. The van der Waals surface area contributed by atoms with Gasteiger partial charge in [-0.1, -0.05) is 11.6 Å². The molecule has 1 aromatic heterocycles. The first-order chi connectivity index (χ1) is 5.52. The molecule has 66 valence electrons. The highest BCUT2D eigenvalue weighted by atomic mass is 127. The van der Waals surface area contributed by atoms with E-state index in [1.165, 1.54) is 0 Å². The molecular formula is C6H3ClF2INO.